The summed E-state index contributed by atoms with van der Waals surface area (Å²) in [6, 6.07) is 9.01. The summed E-state index contributed by atoms with van der Waals surface area (Å²) in [6.07, 6.45) is 1.62. The molecular weight excluding hydrogens is 427 g/mol. The smallest absolute Gasteiger partial charge is 0.459 e. The number of nitrogens with zero attached hydrogens (tertiary/aromatic N) is 2. The third-order valence-electron chi connectivity index (χ3n) is 4.55. The second-order valence-electron chi connectivity index (χ2n) is 6.90. The Morgan fingerprint density at radius 1 is 1.35 bits per heavy atom. The number of para-hydroxylation sites is 1. The van der Waals surface area contributed by atoms with E-state index in [1.165, 1.54) is 30.9 Å². The van der Waals surface area contributed by atoms with Crippen molar-refractivity contribution >= 4 is 19.5 Å². The van der Waals surface area contributed by atoms with Crippen LogP contribution >= 0.6 is 7.75 Å². The van der Waals surface area contributed by atoms with Gasteiger partial charge in [-0.1, -0.05) is 18.2 Å². The minimum atomic E-state index is -3.95. The topological polar surface area (TPSA) is 144 Å². The lowest BCUT2D eigenvalue weighted by atomic mass is 10.2. The SMILES string of the molecule is COC(=O)[C@H](C)NP(=O)(OC[C@@H]1CC[C@H](n2ccc(N)nc2=O)O1)Oc1ccccc1. The van der Waals surface area contributed by atoms with Gasteiger partial charge in [-0.3, -0.25) is 13.9 Å². The number of hydrogen-bond acceptors (Lipinski definition) is 9. The van der Waals surface area contributed by atoms with Gasteiger partial charge in [0.2, 0.25) is 0 Å². The van der Waals surface area contributed by atoms with Crippen LogP contribution in [0.15, 0.2) is 47.4 Å². The highest BCUT2D eigenvalue weighted by Crippen LogP contribution is 2.45. The molecule has 0 amide bonds. The number of esters is 1. The van der Waals surface area contributed by atoms with Gasteiger partial charge in [0.15, 0.2) is 0 Å². The van der Waals surface area contributed by atoms with Crippen LogP contribution in [0.2, 0.25) is 0 Å². The number of aromatic nitrogens is 2. The van der Waals surface area contributed by atoms with Crippen molar-refractivity contribution in [3.8, 4) is 5.75 Å². The van der Waals surface area contributed by atoms with Gasteiger partial charge in [-0.2, -0.15) is 10.1 Å². The molecule has 1 aliphatic heterocycles. The molecule has 3 N–H and O–H groups in total. The number of benzene rings is 1. The Kier molecular flexibility index (Phi) is 7.45. The first-order chi connectivity index (χ1) is 14.8. The molecule has 1 aromatic carbocycles. The number of carbonyl (C=O) groups excluding carboxylic acids is 1. The number of carbonyl (C=O) groups is 1. The number of hydrogen-bond donors (Lipinski definition) is 2. The van der Waals surface area contributed by atoms with Crippen LogP contribution in [0.4, 0.5) is 5.82 Å². The van der Waals surface area contributed by atoms with E-state index in [-0.39, 0.29) is 12.4 Å². The molecule has 0 radical (unpaired) electrons. The molecule has 1 aliphatic rings. The van der Waals surface area contributed by atoms with Crippen molar-refractivity contribution in [2.24, 2.45) is 0 Å². The van der Waals surface area contributed by atoms with Crippen molar-refractivity contribution in [1.29, 1.82) is 0 Å². The predicted octanol–water partition coefficient (Wildman–Crippen LogP) is 1.86. The molecule has 168 valence electrons. The minimum absolute atomic E-state index is 0.0847. The summed E-state index contributed by atoms with van der Waals surface area (Å²) in [6.45, 7) is 1.40. The van der Waals surface area contributed by atoms with Crippen LogP contribution in [0.1, 0.15) is 26.0 Å². The molecule has 1 aromatic heterocycles. The standard InChI is InChI=1S/C19H25N4O7P/c1-13(18(24)27-2)22-31(26,30-14-6-4-3-5-7-14)28-12-15-8-9-17(29-15)23-11-10-16(20)21-19(23)25/h3-7,10-11,13,15,17H,8-9,12H2,1-2H3,(H,22,26)(H2,20,21,25)/t13-,15-,17+,31?/m0/s1. The fourth-order valence-corrected chi connectivity index (χ4v) is 4.54. The molecule has 11 nitrogen and oxygen atoms in total. The van der Waals surface area contributed by atoms with Crippen LogP contribution in [-0.2, 0) is 23.4 Å². The molecule has 1 saturated heterocycles. The monoisotopic (exact) mass is 452 g/mol. The van der Waals surface area contributed by atoms with Crippen molar-refractivity contribution in [3.63, 3.8) is 0 Å². The quantitative estimate of drug-likeness (QED) is 0.427. The first-order valence-corrected chi connectivity index (χ1v) is 11.2. The number of nitrogens with one attached hydrogen (secondary N) is 1. The summed E-state index contributed by atoms with van der Waals surface area (Å²) >= 11 is 0. The van der Waals surface area contributed by atoms with Crippen molar-refractivity contribution in [1.82, 2.24) is 14.6 Å². The van der Waals surface area contributed by atoms with Crippen molar-refractivity contribution in [2.45, 2.75) is 38.1 Å². The van der Waals surface area contributed by atoms with Gasteiger partial charge in [-0.25, -0.2) is 9.36 Å². The Balaban J connectivity index is 1.66. The second-order valence-corrected chi connectivity index (χ2v) is 8.60. The summed E-state index contributed by atoms with van der Waals surface area (Å²) in [5.74, 6) is -0.183. The zero-order chi connectivity index (χ0) is 22.4. The van der Waals surface area contributed by atoms with E-state index in [2.05, 4.69) is 14.8 Å². The normalized spacial score (nSPS) is 21.2. The maximum atomic E-state index is 13.3. The zero-order valence-electron chi connectivity index (χ0n) is 17.2. The number of nitrogens with two attached hydrogens (primary N) is 1. The number of ether oxygens (including phenoxy) is 2. The minimum Gasteiger partial charge on any atom is -0.468 e. The molecule has 1 unspecified atom stereocenters. The zero-order valence-corrected chi connectivity index (χ0v) is 18.1. The summed E-state index contributed by atoms with van der Waals surface area (Å²) in [5, 5.41) is 2.58. The van der Waals surface area contributed by atoms with Crippen LogP contribution in [0.5, 0.6) is 5.75 Å². The fourth-order valence-electron chi connectivity index (χ4n) is 3.02. The number of rotatable bonds is 9. The third-order valence-corrected chi connectivity index (χ3v) is 6.20. The highest BCUT2D eigenvalue weighted by Gasteiger charge is 2.35. The molecule has 31 heavy (non-hydrogen) atoms. The van der Waals surface area contributed by atoms with E-state index < -0.39 is 37.8 Å². The molecule has 0 saturated carbocycles. The Labute approximate surface area is 179 Å². The Bertz CT molecular complexity index is 1000. The van der Waals surface area contributed by atoms with Crippen LogP contribution < -0.4 is 21.0 Å². The Morgan fingerprint density at radius 2 is 2.10 bits per heavy atom. The lowest BCUT2D eigenvalue weighted by Gasteiger charge is -2.24. The van der Waals surface area contributed by atoms with Gasteiger partial charge in [-0.05, 0) is 38.0 Å². The Morgan fingerprint density at radius 3 is 2.77 bits per heavy atom. The van der Waals surface area contributed by atoms with E-state index in [4.69, 9.17) is 19.5 Å². The Hall–Kier alpha value is -2.72. The van der Waals surface area contributed by atoms with Gasteiger partial charge in [0, 0.05) is 6.20 Å². The number of methoxy groups -OCH3 is 1. The van der Waals surface area contributed by atoms with Gasteiger partial charge >= 0.3 is 19.4 Å². The molecule has 12 heteroatoms. The first-order valence-electron chi connectivity index (χ1n) is 9.64. The van der Waals surface area contributed by atoms with E-state index in [1.807, 2.05) is 0 Å². The average molecular weight is 452 g/mol. The lowest BCUT2D eigenvalue weighted by Crippen LogP contribution is -2.35. The molecule has 2 heterocycles. The van der Waals surface area contributed by atoms with Crippen LogP contribution in [0.3, 0.4) is 0 Å². The van der Waals surface area contributed by atoms with Gasteiger partial charge in [0.1, 0.15) is 23.8 Å². The second kappa shape index (κ2) is 10.1. The van der Waals surface area contributed by atoms with Gasteiger partial charge in [-0.15, -0.1) is 0 Å². The van der Waals surface area contributed by atoms with Gasteiger partial charge in [0.05, 0.1) is 19.8 Å². The molecule has 0 spiro atoms. The van der Waals surface area contributed by atoms with Crippen molar-refractivity contribution in [2.75, 3.05) is 19.5 Å². The largest absolute Gasteiger partial charge is 0.468 e. The summed E-state index contributed by atoms with van der Waals surface area (Å²) in [7, 11) is -2.73. The highest BCUT2D eigenvalue weighted by atomic mass is 31.2. The van der Waals surface area contributed by atoms with Crippen molar-refractivity contribution < 1.29 is 27.9 Å². The molecule has 2 aromatic rings. The molecule has 0 bridgehead atoms. The average Bonchev–Trinajstić information content (AvgIpc) is 3.21. The molecule has 4 atom stereocenters. The summed E-state index contributed by atoms with van der Waals surface area (Å²) < 4.78 is 36.3. The molecule has 0 aliphatic carbocycles. The maximum absolute atomic E-state index is 13.3. The molecular formula is C19H25N4O7P. The van der Waals surface area contributed by atoms with E-state index in [0.29, 0.717) is 18.6 Å². The van der Waals surface area contributed by atoms with Crippen LogP contribution in [0, 0.1) is 0 Å². The van der Waals surface area contributed by atoms with E-state index in [1.54, 1.807) is 30.3 Å². The first kappa shape index (κ1) is 23.0. The third kappa shape index (κ3) is 6.14. The lowest BCUT2D eigenvalue weighted by molar-refractivity contribution is -0.142. The van der Waals surface area contributed by atoms with E-state index in [9.17, 15) is 14.2 Å². The molecule has 1 fully saturated rings. The van der Waals surface area contributed by atoms with Crippen LogP contribution in [0.25, 0.3) is 0 Å². The number of anilines is 1. The van der Waals surface area contributed by atoms with Crippen LogP contribution in [-0.4, -0.2) is 41.4 Å². The maximum Gasteiger partial charge on any atom is 0.459 e. The summed E-state index contributed by atoms with van der Waals surface area (Å²) in [5.41, 5.74) is 5.00. The van der Waals surface area contributed by atoms with E-state index >= 15 is 0 Å². The highest BCUT2D eigenvalue weighted by molar-refractivity contribution is 7.52. The predicted molar refractivity (Wildman–Crippen MR) is 111 cm³/mol. The van der Waals surface area contributed by atoms with E-state index in [0.717, 1.165) is 0 Å². The summed E-state index contributed by atoms with van der Waals surface area (Å²) in [4.78, 5) is 27.5. The number of nitrogen functional groups attached to an aromatic ring is 1. The van der Waals surface area contributed by atoms with Gasteiger partial charge in [0.25, 0.3) is 0 Å². The fraction of sp³-hybridized carbons (Fsp3) is 0.421. The van der Waals surface area contributed by atoms with Gasteiger partial charge < -0.3 is 19.7 Å². The van der Waals surface area contributed by atoms with Crippen molar-refractivity contribution in [3.05, 3.63) is 53.1 Å². The molecule has 3 rings (SSSR count).